The number of methoxy groups -OCH3 is 1. The van der Waals surface area contributed by atoms with E-state index in [1.165, 1.54) is 19.4 Å². The van der Waals surface area contributed by atoms with Crippen LogP contribution in [-0.2, 0) is 14.8 Å². The zero-order valence-corrected chi connectivity index (χ0v) is 16.2. The largest absolute Gasteiger partial charge is 0.465 e. The monoisotopic (exact) mass is 402 g/mol. The van der Waals surface area contributed by atoms with Gasteiger partial charge in [0.2, 0.25) is 0 Å². The van der Waals surface area contributed by atoms with Gasteiger partial charge in [0.05, 0.1) is 12.8 Å². The molecule has 0 bridgehead atoms. The molecule has 10 heteroatoms. The first-order valence-corrected chi connectivity index (χ1v) is 9.65. The van der Waals surface area contributed by atoms with Gasteiger partial charge >= 0.3 is 5.97 Å². The van der Waals surface area contributed by atoms with Crippen LogP contribution < -0.4 is 10.0 Å². The molecule has 0 atom stereocenters. The molecule has 0 saturated heterocycles. The molecule has 28 heavy (non-hydrogen) atoms. The minimum atomic E-state index is -4.06. The number of esters is 1. The Morgan fingerprint density at radius 2 is 1.93 bits per heavy atom. The summed E-state index contributed by atoms with van der Waals surface area (Å²) in [4.78, 5) is 16.2. The fourth-order valence-corrected chi connectivity index (χ4v) is 3.76. The third kappa shape index (κ3) is 3.81. The molecular weight excluding hydrogens is 384 g/mol. The predicted octanol–water partition coefficient (Wildman–Crippen LogP) is 3.02. The van der Waals surface area contributed by atoms with Crippen LogP contribution in [0.1, 0.15) is 21.5 Å². The molecule has 1 aromatic carbocycles. The Bertz CT molecular complexity index is 1110. The summed E-state index contributed by atoms with van der Waals surface area (Å²) in [6.45, 7) is 3.44. The molecule has 0 unspecified atom stereocenters. The van der Waals surface area contributed by atoms with Gasteiger partial charge < -0.3 is 14.6 Å². The minimum Gasteiger partial charge on any atom is -0.465 e. The molecule has 0 fully saturated rings. The number of ether oxygens (including phenoxy) is 1. The van der Waals surface area contributed by atoms with Crippen LogP contribution >= 0.6 is 0 Å². The number of aryl methyl sites for hydroxylation is 1. The summed E-state index contributed by atoms with van der Waals surface area (Å²) in [7, 11) is -2.82. The third-order valence-corrected chi connectivity index (χ3v) is 5.42. The maximum atomic E-state index is 12.7. The van der Waals surface area contributed by atoms with Crippen molar-refractivity contribution in [1.29, 1.82) is 0 Å². The van der Waals surface area contributed by atoms with Gasteiger partial charge in [0.15, 0.2) is 10.8 Å². The molecular formula is C18H18N4O5S. The lowest BCUT2D eigenvalue weighted by atomic mass is 10.1. The number of aromatic nitrogens is 2. The molecule has 3 rings (SSSR count). The first-order chi connectivity index (χ1) is 13.3. The summed E-state index contributed by atoms with van der Waals surface area (Å²) in [5.74, 6) is -0.619. The van der Waals surface area contributed by atoms with Crippen LogP contribution in [0.2, 0.25) is 0 Å². The Morgan fingerprint density at radius 1 is 1.18 bits per heavy atom. The van der Waals surface area contributed by atoms with Crippen LogP contribution in [0, 0.1) is 13.8 Å². The van der Waals surface area contributed by atoms with Crippen LogP contribution in [0.3, 0.4) is 0 Å². The van der Waals surface area contributed by atoms with Crippen LogP contribution in [0.4, 0.5) is 17.2 Å². The minimum absolute atomic E-state index is 0.0201. The number of rotatable bonds is 6. The van der Waals surface area contributed by atoms with Gasteiger partial charge in [-0.25, -0.2) is 9.78 Å². The Morgan fingerprint density at radius 3 is 2.57 bits per heavy atom. The molecule has 0 spiro atoms. The number of carbonyl (C=O) groups excluding carboxylic acids is 1. The summed E-state index contributed by atoms with van der Waals surface area (Å²) in [5.41, 5.74) is 2.29. The summed E-state index contributed by atoms with van der Waals surface area (Å²) >= 11 is 0. The lowest BCUT2D eigenvalue weighted by molar-refractivity contribution is 0.0601. The summed E-state index contributed by atoms with van der Waals surface area (Å²) in [6, 6.07) is 8.77. The van der Waals surface area contributed by atoms with Crippen molar-refractivity contribution < 1.29 is 22.5 Å². The average molecular weight is 402 g/mol. The fourth-order valence-electron chi connectivity index (χ4n) is 2.59. The van der Waals surface area contributed by atoms with E-state index in [1.54, 1.807) is 6.92 Å². The van der Waals surface area contributed by atoms with Crippen LogP contribution in [0.5, 0.6) is 0 Å². The molecule has 0 aliphatic heterocycles. The van der Waals surface area contributed by atoms with Crippen molar-refractivity contribution in [2.75, 3.05) is 17.1 Å². The molecule has 0 aliphatic carbocycles. The van der Waals surface area contributed by atoms with Gasteiger partial charge in [-0.2, -0.15) is 8.42 Å². The van der Waals surface area contributed by atoms with E-state index in [0.29, 0.717) is 0 Å². The smallest absolute Gasteiger partial charge is 0.341 e. The number of carbonyl (C=O) groups is 1. The Kier molecular flexibility index (Phi) is 5.32. The highest BCUT2D eigenvalue weighted by atomic mass is 32.2. The van der Waals surface area contributed by atoms with Gasteiger partial charge in [0.25, 0.3) is 10.0 Å². The fraction of sp³-hybridized carbons (Fsp3) is 0.167. The highest BCUT2D eigenvalue weighted by Crippen LogP contribution is 2.30. The molecule has 9 nitrogen and oxygen atoms in total. The second-order valence-electron chi connectivity index (χ2n) is 5.90. The topological polar surface area (TPSA) is 123 Å². The highest BCUT2D eigenvalue weighted by Gasteiger charge is 2.26. The predicted molar refractivity (Wildman–Crippen MR) is 102 cm³/mol. The number of para-hydroxylation sites is 1. The lowest BCUT2D eigenvalue weighted by Gasteiger charge is -2.17. The lowest BCUT2D eigenvalue weighted by Crippen LogP contribution is -2.18. The summed E-state index contributed by atoms with van der Waals surface area (Å²) < 4.78 is 37.2. The molecule has 0 radical (unpaired) electrons. The molecule has 2 aromatic heterocycles. The molecule has 2 N–H and O–H groups in total. The molecule has 0 aliphatic rings. The van der Waals surface area contributed by atoms with E-state index in [-0.39, 0.29) is 27.7 Å². The summed E-state index contributed by atoms with van der Waals surface area (Å²) in [6.07, 6.45) is 2.40. The quantitative estimate of drug-likeness (QED) is 0.603. The molecule has 2 heterocycles. The van der Waals surface area contributed by atoms with Crippen molar-refractivity contribution in [2.45, 2.75) is 18.9 Å². The van der Waals surface area contributed by atoms with Crippen LogP contribution in [-0.4, -0.2) is 31.6 Å². The maximum absolute atomic E-state index is 12.7. The number of pyridine rings is 1. The van der Waals surface area contributed by atoms with Crippen molar-refractivity contribution in [3.8, 4) is 0 Å². The number of nitrogens with one attached hydrogen (secondary N) is 2. The van der Waals surface area contributed by atoms with Gasteiger partial charge in [0.1, 0.15) is 11.8 Å². The first kappa shape index (κ1) is 19.4. The number of nitrogens with zero attached hydrogens (tertiary/aromatic N) is 2. The molecule has 0 saturated carbocycles. The van der Waals surface area contributed by atoms with E-state index in [1.807, 2.05) is 31.2 Å². The Hall–Kier alpha value is -3.40. The van der Waals surface area contributed by atoms with Crippen molar-refractivity contribution in [3.05, 3.63) is 59.5 Å². The second kappa shape index (κ2) is 7.69. The number of sulfonamides is 1. The second-order valence-corrected chi connectivity index (χ2v) is 7.50. The van der Waals surface area contributed by atoms with Gasteiger partial charge in [-0.1, -0.05) is 23.4 Å². The van der Waals surface area contributed by atoms with Crippen LogP contribution in [0.15, 0.2) is 52.3 Å². The molecule has 146 valence electrons. The van der Waals surface area contributed by atoms with Crippen molar-refractivity contribution >= 4 is 33.2 Å². The van der Waals surface area contributed by atoms with E-state index >= 15 is 0 Å². The SMILES string of the molecule is COC(=O)c1cnc(S(=O)(=O)Nc2ccon2)c(C)c1Nc1ccccc1C. The van der Waals surface area contributed by atoms with E-state index in [4.69, 9.17) is 4.74 Å². The third-order valence-electron chi connectivity index (χ3n) is 4.02. The van der Waals surface area contributed by atoms with Gasteiger partial charge in [0, 0.05) is 23.5 Å². The summed E-state index contributed by atoms with van der Waals surface area (Å²) in [5, 5.41) is 6.41. The van der Waals surface area contributed by atoms with Crippen LogP contribution in [0.25, 0.3) is 0 Å². The van der Waals surface area contributed by atoms with E-state index in [9.17, 15) is 13.2 Å². The van der Waals surface area contributed by atoms with Gasteiger partial charge in [-0.05, 0) is 25.5 Å². The van der Waals surface area contributed by atoms with Crippen molar-refractivity contribution in [1.82, 2.24) is 10.1 Å². The first-order valence-electron chi connectivity index (χ1n) is 8.17. The Balaban J connectivity index is 2.11. The van der Waals surface area contributed by atoms with Crippen molar-refractivity contribution in [3.63, 3.8) is 0 Å². The van der Waals surface area contributed by atoms with Gasteiger partial charge in [-0.15, -0.1) is 0 Å². The molecule has 3 aromatic rings. The number of benzene rings is 1. The number of hydrogen-bond donors (Lipinski definition) is 2. The highest BCUT2D eigenvalue weighted by molar-refractivity contribution is 7.92. The standard InChI is InChI=1S/C18H18N4O5S/c1-11-6-4-5-7-14(11)20-16-12(2)17(19-10-13(16)18(23)26-3)28(24,25)22-15-8-9-27-21-15/h4-10H,1-3H3,(H,19,20)(H,21,22). The number of hydrogen-bond acceptors (Lipinski definition) is 8. The number of anilines is 3. The van der Waals surface area contributed by atoms with E-state index < -0.39 is 16.0 Å². The maximum Gasteiger partial charge on any atom is 0.341 e. The Labute approximate surface area is 161 Å². The zero-order chi connectivity index (χ0) is 20.3. The zero-order valence-electron chi connectivity index (χ0n) is 15.4. The van der Waals surface area contributed by atoms with Gasteiger partial charge in [-0.3, -0.25) is 4.72 Å². The normalized spacial score (nSPS) is 11.1. The van der Waals surface area contributed by atoms with Crippen molar-refractivity contribution in [2.24, 2.45) is 0 Å². The van der Waals surface area contributed by atoms with E-state index in [0.717, 1.165) is 17.4 Å². The average Bonchev–Trinajstić information content (AvgIpc) is 3.16. The van der Waals surface area contributed by atoms with E-state index in [2.05, 4.69) is 24.7 Å². The molecule has 0 amide bonds.